The average Bonchev–Trinajstić information content (AvgIpc) is 2.80. The van der Waals surface area contributed by atoms with Crippen LogP contribution in [0, 0.1) is 5.82 Å². The maximum absolute atomic E-state index is 13.1. The third kappa shape index (κ3) is 5.90. The molecule has 158 valence electrons. The summed E-state index contributed by atoms with van der Waals surface area (Å²) in [7, 11) is 0. The molecule has 3 aromatic rings. The van der Waals surface area contributed by atoms with E-state index in [1.807, 2.05) is 60.7 Å². The zero-order chi connectivity index (χ0) is 21.6. The van der Waals surface area contributed by atoms with Crippen molar-refractivity contribution in [3.63, 3.8) is 0 Å². The van der Waals surface area contributed by atoms with E-state index < -0.39 is 0 Å². The highest BCUT2D eigenvalue weighted by atomic mass is 35.5. The van der Waals surface area contributed by atoms with Gasteiger partial charge >= 0.3 is 0 Å². The van der Waals surface area contributed by atoms with Crippen molar-refractivity contribution in [2.45, 2.75) is 19.3 Å². The summed E-state index contributed by atoms with van der Waals surface area (Å²) >= 11 is 5.94. The molecule has 0 unspecified atom stereocenters. The second-order valence-electron chi connectivity index (χ2n) is 7.96. The molecule has 0 saturated carbocycles. The zero-order valence-electron chi connectivity index (χ0n) is 17.4. The molecule has 0 saturated heterocycles. The predicted molar refractivity (Wildman–Crippen MR) is 125 cm³/mol. The Bertz CT molecular complexity index is 1060. The fourth-order valence-corrected chi connectivity index (χ4v) is 4.02. The van der Waals surface area contributed by atoms with E-state index in [2.05, 4.69) is 11.0 Å². The van der Waals surface area contributed by atoms with Gasteiger partial charge in [-0.25, -0.2) is 4.39 Å². The van der Waals surface area contributed by atoms with Gasteiger partial charge in [-0.05, 0) is 59.4 Å². The van der Waals surface area contributed by atoms with Crippen molar-refractivity contribution in [3.8, 4) is 0 Å². The molecule has 2 nitrogen and oxygen atoms in total. The fourth-order valence-electron chi connectivity index (χ4n) is 3.89. The Hall–Kier alpha value is -2.75. The molecule has 0 spiro atoms. The summed E-state index contributed by atoms with van der Waals surface area (Å²) in [5.41, 5.74) is 5.46. The van der Waals surface area contributed by atoms with Gasteiger partial charge in [-0.1, -0.05) is 66.2 Å². The van der Waals surface area contributed by atoms with Crippen LogP contribution >= 0.6 is 11.6 Å². The molecule has 0 aliphatic carbocycles. The number of carbonyl (C=O) groups excluding carboxylic acids is 1. The van der Waals surface area contributed by atoms with E-state index in [1.165, 1.54) is 28.8 Å². The number of hydrogen-bond donors (Lipinski definition) is 0. The second kappa shape index (κ2) is 10.0. The first kappa shape index (κ1) is 21.5. The lowest BCUT2D eigenvalue weighted by molar-refractivity contribution is 0.0966. The first-order chi connectivity index (χ1) is 15.1. The maximum atomic E-state index is 13.1. The molecule has 31 heavy (non-hydrogen) atoms. The van der Waals surface area contributed by atoms with Gasteiger partial charge in [0.15, 0.2) is 5.78 Å². The van der Waals surface area contributed by atoms with Gasteiger partial charge in [0.25, 0.3) is 0 Å². The molecular weight excluding hydrogens is 409 g/mol. The van der Waals surface area contributed by atoms with Gasteiger partial charge in [-0.3, -0.25) is 9.69 Å². The van der Waals surface area contributed by atoms with Crippen LogP contribution in [0.15, 0.2) is 78.9 Å². The summed E-state index contributed by atoms with van der Waals surface area (Å²) in [5, 5.41) is 0.737. The fraction of sp³-hybridized carbons (Fsp3) is 0.222. The van der Waals surface area contributed by atoms with E-state index in [0.29, 0.717) is 6.42 Å². The minimum Gasteiger partial charge on any atom is -0.299 e. The quantitative estimate of drug-likeness (QED) is 0.400. The first-order valence-corrected chi connectivity index (χ1v) is 11.0. The lowest BCUT2D eigenvalue weighted by Crippen LogP contribution is -2.30. The molecule has 4 rings (SSSR count). The molecule has 1 aliphatic rings. The Morgan fingerprint density at radius 1 is 0.903 bits per heavy atom. The minimum absolute atomic E-state index is 0.173. The molecular formula is C27H25ClFNO. The van der Waals surface area contributed by atoms with Crippen molar-refractivity contribution in [1.82, 2.24) is 4.90 Å². The molecule has 0 aromatic heterocycles. The normalized spacial score (nSPS) is 14.3. The Labute approximate surface area is 188 Å². The van der Waals surface area contributed by atoms with Crippen LogP contribution in [0.4, 0.5) is 4.39 Å². The average molecular weight is 434 g/mol. The highest BCUT2D eigenvalue weighted by Crippen LogP contribution is 2.23. The van der Waals surface area contributed by atoms with E-state index >= 15 is 0 Å². The Morgan fingerprint density at radius 3 is 2.16 bits per heavy atom. The molecule has 4 heteroatoms. The van der Waals surface area contributed by atoms with Crippen molar-refractivity contribution < 1.29 is 9.18 Å². The van der Waals surface area contributed by atoms with Crippen LogP contribution in [0.3, 0.4) is 0 Å². The molecule has 0 bridgehead atoms. The number of benzene rings is 3. The maximum Gasteiger partial charge on any atom is 0.164 e. The number of Topliss-reactive ketones (excluding diaryl/α,β-unsaturated/α-hetero) is 1. The molecule has 0 radical (unpaired) electrons. The first-order valence-electron chi connectivity index (χ1n) is 10.6. The number of rotatable bonds is 7. The summed E-state index contributed by atoms with van der Waals surface area (Å²) in [6.07, 6.45) is 4.43. The standard InChI is InChI=1S/C27H25ClFNO/c28-25-9-3-21(4-10-25)19-20-1-5-24(6-2-20)27(31)15-18-30-16-13-23(14-17-30)22-7-11-26(29)12-8-22/h1-13H,14-19H2. The van der Waals surface area contributed by atoms with Crippen LogP contribution in [0.25, 0.3) is 5.57 Å². The molecule has 0 N–H and O–H groups in total. The number of ketones is 1. The zero-order valence-corrected chi connectivity index (χ0v) is 18.1. The topological polar surface area (TPSA) is 20.3 Å². The summed E-state index contributed by atoms with van der Waals surface area (Å²) in [6.45, 7) is 2.48. The summed E-state index contributed by atoms with van der Waals surface area (Å²) in [6, 6.07) is 22.4. The van der Waals surface area contributed by atoms with Crippen LogP contribution in [-0.4, -0.2) is 30.3 Å². The van der Waals surface area contributed by atoms with Crippen molar-refractivity contribution in [3.05, 3.63) is 112 Å². The van der Waals surface area contributed by atoms with Gasteiger partial charge in [0, 0.05) is 36.6 Å². The van der Waals surface area contributed by atoms with Gasteiger partial charge < -0.3 is 0 Å². The lowest BCUT2D eigenvalue weighted by atomic mass is 9.99. The summed E-state index contributed by atoms with van der Waals surface area (Å²) in [5.74, 6) is -0.0373. The van der Waals surface area contributed by atoms with Gasteiger partial charge in [0.1, 0.15) is 5.82 Å². The smallest absolute Gasteiger partial charge is 0.164 e. The molecule has 0 fully saturated rings. The third-order valence-corrected chi connectivity index (χ3v) is 6.01. The van der Waals surface area contributed by atoms with Crippen molar-refractivity contribution in [2.75, 3.05) is 19.6 Å². The van der Waals surface area contributed by atoms with Crippen LogP contribution in [0.1, 0.15) is 39.9 Å². The molecule has 0 atom stereocenters. The van der Waals surface area contributed by atoms with Crippen molar-refractivity contribution in [2.24, 2.45) is 0 Å². The van der Waals surface area contributed by atoms with Crippen LogP contribution in [0.5, 0.6) is 0 Å². The minimum atomic E-state index is -0.210. The van der Waals surface area contributed by atoms with Crippen LogP contribution in [0.2, 0.25) is 5.02 Å². The Morgan fingerprint density at radius 2 is 1.55 bits per heavy atom. The highest BCUT2D eigenvalue weighted by Gasteiger charge is 2.15. The molecule has 1 aliphatic heterocycles. The van der Waals surface area contributed by atoms with E-state index in [1.54, 1.807) is 0 Å². The second-order valence-corrected chi connectivity index (χ2v) is 8.40. The number of nitrogens with zero attached hydrogens (tertiary/aromatic N) is 1. The van der Waals surface area contributed by atoms with E-state index in [9.17, 15) is 9.18 Å². The number of halogens is 2. The highest BCUT2D eigenvalue weighted by molar-refractivity contribution is 6.30. The lowest BCUT2D eigenvalue weighted by Gasteiger charge is -2.26. The van der Waals surface area contributed by atoms with E-state index in [-0.39, 0.29) is 11.6 Å². The summed E-state index contributed by atoms with van der Waals surface area (Å²) < 4.78 is 13.1. The van der Waals surface area contributed by atoms with Crippen LogP contribution in [-0.2, 0) is 6.42 Å². The molecule has 0 amide bonds. The molecule has 3 aromatic carbocycles. The van der Waals surface area contributed by atoms with Gasteiger partial charge in [0.05, 0.1) is 0 Å². The van der Waals surface area contributed by atoms with Crippen LogP contribution < -0.4 is 0 Å². The summed E-state index contributed by atoms with van der Waals surface area (Å²) in [4.78, 5) is 14.9. The SMILES string of the molecule is O=C(CCN1CC=C(c2ccc(F)cc2)CC1)c1ccc(Cc2ccc(Cl)cc2)cc1. The molecule has 1 heterocycles. The Kier molecular flexibility index (Phi) is 6.96. The monoisotopic (exact) mass is 433 g/mol. The largest absolute Gasteiger partial charge is 0.299 e. The third-order valence-electron chi connectivity index (χ3n) is 5.76. The predicted octanol–water partition coefficient (Wildman–Crippen LogP) is 6.43. The van der Waals surface area contributed by atoms with Crippen molar-refractivity contribution in [1.29, 1.82) is 0 Å². The Balaban J connectivity index is 1.27. The van der Waals surface area contributed by atoms with Gasteiger partial charge in [-0.15, -0.1) is 0 Å². The van der Waals surface area contributed by atoms with E-state index in [4.69, 9.17) is 11.6 Å². The van der Waals surface area contributed by atoms with Crippen molar-refractivity contribution >= 4 is 23.0 Å². The number of hydrogen-bond acceptors (Lipinski definition) is 2. The van der Waals surface area contributed by atoms with Gasteiger partial charge in [0.2, 0.25) is 0 Å². The van der Waals surface area contributed by atoms with Gasteiger partial charge in [-0.2, -0.15) is 0 Å². The van der Waals surface area contributed by atoms with E-state index in [0.717, 1.165) is 48.6 Å². The number of carbonyl (C=O) groups is 1.